The third-order valence-corrected chi connectivity index (χ3v) is 4.99. The summed E-state index contributed by atoms with van der Waals surface area (Å²) in [6.45, 7) is 2.57. The maximum Gasteiger partial charge on any atom is 0.319 e. The number of aryl methyl sites for hydroxylation is 1. The molecule has 0 bridgehead atoms. The number of methoxy groups -OCH3 is 1. The number of imidazole rings is 1. The fourth-order valence-electron chi connectivity index (χ4n) is 3.38. The lowest BCUT2D eigenvalue weighted by Crippen LogP contribution is -2.30. The average molecular weight is 400 g/mol. The molecular weight excluding hydrogens is 376 g/mol. The van der Waals surface area contributed by atoms with Gasteiger partial charge in [0.05, 0.1) is 18.5 Å². The Labute approximate surface area is 175 Å². The standard InChI is InChI=1S/C24H24N4O2/c1-17-6-5-15-28-16-22(26-23(17)28)20-7-3-4-8-21(20)27-24(29)25-14-13-18-9-11-19(30-2)12-10-18/h3-12,15-16H,13-14H2,1-2H3,(H2,25,27,29). The van der Waals surface area contributed by atoms with Crippen LogP contribution in [0.4, 0.5) is 10.5 Å². The summed E-state index contributed by atoms with van der Waals surface area (Å²) in [4.78, 5) is 17.2. The molecule has 2 aromatic heterocycles. The van der Waals surface area contributed by atoms with Crippen LogP contribution in [-0.4, -0.2) is 29.1 Å². The summed E-state index contributed by atoms with van der Waals surface area (Å²) in [5, 5.41) is 5.87. The average Bonchev–Trinajstić information content (AvgIpc) is 3.20. The monoisotopic (exact) mass is 400 g/mol. The van der Waals surface area contributed by atoms with E-state index in [0.29, 0.717) is 6.54 Å². The second-order valence-corrected chi connectivity index (χ2v) is 7.07. The smallest absolute Gasteiger partial charge is 0.319 e. The number of urea groups is 1. The second-order valence-electron chi connectivity index (χ2n) is 7.07. The van der Waals surface area contributed by atoms with Crippen LogP contribution in [0.1, 0.15) is 11.1 Å². The van der Waals surface area contributed by atoms with Crippen molar-refractivity contribution in [2.75, 3.05) is 19.0 Å². The van der Waals surface area contributed by atoms with Crippen LogP contribution in [0.25, 0.3) is 16.9 Å². The van der Waals surface area contributed by atoms with Gasteiger partial charge in [0.25, 0.3) is 0 Å². The molecule has 4 rings (SSSR count). The van der Waals surface area contributed by atoms with Gasteiger partial charge in [0, 0.05) is 24.5 Å². The Kier molecular flexibility index (Phi) is 5.66. The number of para-hydroxylation sites is 1. The summed E-state index contributed by atoms with van der Waals surface area (Å²) in [5.74, 6) is 0.822. The number of carbonyl (C=O) groups excluding carboxylic acids is 1. The van der Waals surface area contributed by atoms with Crippen LogP contribution in [0, 0.1) is 6.92 Å². The van der Waals surface area contributed by atoms with Crippen molar-refractivity contribution < 1.29 is 9.53 Å². The first-order valence-corrected chi connectivity index (χ1v) is 9.85. The molecular formula is C24H24N4O2. The molecule has 6 heteroatoms. The Bertz CT molecular complexity index is 1170. The van der Waals surface area contributed by atoms with Gasteiger partial charge in [0.1, 0.15) is 11.4 Å². The number of pyridine rings is 1. The highest BCUT2D eigenvalue weighted by Gasteiger charge is 2.12. The van der Waals surface area contributed by atoms with Gasteiger partial charge in [-0.25, -0.2) is 9.78 Å². The van der Waals surface area contributed by atoms with Gasteiger partial charge in [-0.15, -0.1) is 0 Å². The van der Waals surface area contributed by atoms with E-state index in [-0.39, 0.29) is 6.03 Å². The molecule has 2 amide bonds. The Morgan fingerprint density at radius 2 is 1.87 bits per heavy atom. The number of aromatic nitrogens is 2. The number of nitrogens with one attached hydrogen (secondary N) is 2. The number of hydrogen-bond donors (Lipinski definition) is 2. The molecule has 0 saturated carbocycles. The van der Waals surface area contributed by atoms with Crippen molar-refractivity contribution in [2.24, 2.45) is 0 Å². The zero-order valence-electron chi connectivity index (χ0n) is 17.1. The van der Waals surface area contributed by atoms with Gasteiger partial charge in [-0.2, -0.15) is 0 Å². The SMILES string of the molecule is COc1ccc(CCNC(=O)Nc2ccccc2-c2cn3cccc(C)c3n2)cc1. The van der Waals surface area contributed by atoms with Gasteiger partial charge < -0.3 is 19.8 Å². The molecule has 0 aliphatic carbocycles. The molecule has 2 aromatic carbocycles. The fourth-order valence-corrected chi connectivity index (χ4v) is 3.38. The van der Waals surface area contributed by atoms with Crippen molar-refractivity contribution in [3.63, 3.8) is 0 Å². The topological polar surface area (TPSA) is 67.7 Å². The molecule has 0 atom stereocenters. The van der Waals surface area contributed by atoms with Gasteiger partial charge in [0.2, 0.25) is 0 Å². The normalized spacial score (nSPS) is 10.7. The maximum absolute atomic E-state index is 12.4. The summed E-state index contributed by atoms with van der Waals surface area (Å²) in [7, 11) is 1.65. The van der Waals surface area contributed by atoms with Crippen molar-refractivity contribution in [3.8, 4) is 17.0 Å². The van der Waals surface area contributed by atoms with E-state index in [1.54, 1.807) is 7.11 Å². The molecule has 2 heterocycles. The van der Waals surface area contributed by atoms with Gasteiger partial charge >= 0.3 is 6.03 Å². The predicted molar refractivity (Wildman–Crippen MR) is 119 cm³/mol. The zero-order valence-corrected chi connectivity index (χ0v) is 17.1. The molecule has 0 fully saturated rings. The number of fused-ring (bicyclic) bond motifs is 1. The Hall–Kier alpha value is -3.80. The van der Waals surface area contributed by atoms with Gasteiger partial charge in [-0.3, -0.25) is 0 Å². The summed E-state index contributed by atoms with van der Waals surface area (Å²) in [6.07, 6.45) is 4.69. The van der Waals surface area contributed by atoms with Crippen LogP contribution >= 0.6 is 0 Å². The highest BCUT2D eigenvalue weighted by molar-refractivity contribution is 5.94. The molecule has 30 heavy (non-hydrogen) atoms. The minimum absolute atomic E-state index is 0.240. The highest BCUT2D eigenvalue weighted by Crippen LogP contribution is 2.28. The molecule has 0 saturated heterocycles. The van der Waals surface area contributed by atoms with E-state index in [0.717, 1.165) is 45.9 Å². The van der Waals surface area contributed by atoms with Crippen LogP contribution in [0.3, 0.4) is 0 Å². The first-order chi connectivity index (χ1) is 14.6. The lowest BCUT2D eigenvalue weighted by Gasteiger charge is -2.11. The van der Waals surface area contributed by atoms with E-state index in [1.807, 2.05) is 84.4 Å². The molecule has 2 N–H and O–H groups in total. The quantitative estimate of drug-likeness (QED) is 0.494. The van der Waals surface area contributed by atoms with Crippen LogP contribution in [0.5, 0.6) is 5.75 Å². The van der Waals surface area contributed by atoms with E-state index in [2.05, 4.69) is 10.6 Å². The number of benzene rings is 2. The lowest BCUT2D eigenvalue weighted by atomic mass is 10.1. The fraction of sp³-hybridized carbons (Fsp3) is 0.167. The zero-order chi connectivity index (χ0) is 20.9. The van der Waals surface area contributed by atoms with E-state index in [4.69, 9.17) is 9.72 Å². The third-order valence-electron chi connectivity index (χ3n) is 4.99. The van der Waals surface area contributed by atoms with Crippen molar-refractivity contribution in [2.45, 2.75) is 13.3 Å². The molecule has 6 nitrogen and oxygen atoms in total. The van der Waals surface area contributed by atoms with Crippen LogP contribution < -0.4 is 15.4 Å². The van der Waals surface area contributed by atoms with Crippen molar-refractivity contribution >= 4 is 17.4 Å². The largest absolute Gasteiger partial charge is 0.497 e. The number of anilines is 1. The third kappa shape index (κ3) is 4.27. The number of hydrogen-bond acceptors (Lipinski definition) is 3. The van der Waals surface area contributed by atoms with Crippen molar-refractivity contribution in [1.29, 1.82) is 0 Å². The number of carbonyl (C=O) groups is 1. The van der Waals surface area contributed by atoms with E-state index in [9.17, 15) is 4.79 Å². The lowest BCUT2D eigenvalue weighted by molar-refractivity contribution is 0.252. The minimum Gasteiger partial charge on any atom is -0.497 e. The Morgan fingerprint density at radius 3 is 2.63 bits per heavy atom. The molecule has 0 spiro atoms. The minimum atomic E-state index is -0.240. The first kappa shape index (κ1) is 19.5. The summed E-state index contributed by atoms with van der Waals surface area (Å²) in [6, 6.07) is 19.3. The molecule has 0 radical (unpaired) electrons. The van der Waals surface area contributed by atoms with Crippen molar-refractivity contribution in [1.82, 2.24) is 14.7 Å². The Morgan fingerprint density at radius 1 is 1.07 bits per heavy atom. The van der Waals surface area contributed by atoms with E-state index >= 15 is 0 Å². The van der Waals surface area contributed by atoms with Gasteiger partial charge in [-0.1, -0.05) is 36.4 Å². The number of ether oxygens (including phenoxy) is 1. The molecule has 0 unspecified atom stereocenters. The van der Waals surface area contributed by atoms with E-state index < -0.39 is 0 Å². The first-order valence-electron chi connectivity index (χ1n) is 9.85. The number of rotatable bonds is 6. The van der Waals surface area contributed by atoms with E-state index in [1.165, 1.54) is 0 Å². The van der Waals surface area contributed by atoms with Gasteiger partial charge in [0.15, 0.2) is 0 Å². The number of nitrogens with zero attached hydrogens (tertiary/aromatic N) is 2. The van der Waals surface area contributed by atoms with Crippen LogP contribution in [-0.2, 0) is 6.42 Å². The molecule has 4 aromatic rings. The molecule has 0 aliphatic heterocycles. The molecule has 152 valence electrons. The van der Waals surface area contributed by atoms with Crippen molar-refractivity contribution in [3.05, 3.63) is 84.2 Å². The summed E-state index contributed by atoms with van der Waals surface area (Å²) in [5.41, 5.74) is 5.57. The van der Waals surface area contributed by atoms with Crippen LogP contribution in [0.2, 0.25) is 0 Å². The summed E-state index contributed by atoms with van der Waals surface area (Å²) < 4.78 is 7.16. The second kappa shape index (κ2) is 8.69. The number of amides is 2. The van der Waals surface area contributed by atoms with Gasteiger partial charge in [-0.05, 0) is 48.7 Å². The Balaban J connectivity index is 1.43. The maximum atomic E-state index is 12.4. The summed E-state index contributed by atoms with van der Waals surface area (Å²) >= 11 is 0. The highest BCUT2D eigenvalue weighted by atomic mass is 16.5. The predicted octanol–water partition coefficient (Wildman–Crippen LogP) is 4.68. The van der Waals surface area contributed by atoms with Crippen LogP contribution in [0.15, 0.2) is 73.1 Å². The molecule has 0 aliphatic rings.